The van der Waals surface area contributed by atoms with E-state index in [1.807, 2.05) is 12.1 Å². The number of allylic oxidation sites excluding steroid dienone is 5. The molecule has 0 aromatic heterocycles. The predicted octanol–water partition coefficient (Wildman–Crippen LogP) is 10.4. The van der Waals surface area contributed by atoms with Gasteiger partial charge in [-0.05, 0) is 66.9 Å². The Hall–Kier alpha value is -1.34. The minimum Gasteiger partial charge on any atom is -0.205 e. The summed E-state index contributed by atoms with van der Waals surface area (Å²) in [6.07, 6.45) is 20.8. The van der Waals surface area contributed by atoms with Crippen LogP contribution in [-0.4, -0.2) is 0 Å². The van der Waals surface area contributed by atoms with Gasteiger partial charge in [-0.15, -0.1) is 0 Å². The van der Waals surface area contributed by atoms with Gasteiger partial charge in [0.2, 0.25) is 0 Å². The van der Waals surface area contributed by atoms with Crippen LogP contribution in [0.15, 0.2) is 42.5 Å². The summed E-state index contributed by atoms with van der Waals surface area (Å²) in [4.78, 5) is 0. The minimum atomic E-state index is -0.299. The highest BCUT2D eigenvalue weighted by molar-refractivity contribution is 6.31. The van der Waals surface area contributed by atoms with Crippen LogP contribution in [0.3, 0.4) is 0 Å². The Labute approximate surface area is 207 Å². The SMILES string of the molecule is C=C/C(=C\C=C(/CC)C1CCCC(C)CC1)c1ccc(CCC2CCC(C)CC2)c(Cl)c1F. The average molecular weight is 471 g/mol. The van der Waals surface area contributed by atoms with Crippen molar-refractivity contribution in [2.24, 2.45) is 23.7 Å². The van der Waals surface area contributed by atoms with Gasteiger partial charge < -0.3 is 0 Å². The zero-order valence-corrected chi connectivity index (χ0v) is 21.9. The number of aryl methyl sites for hydroxylation is 1. The number of benzene rings is 1. The molecule has 2 aliphatic carbocycles. The molecule has 0 N–H and O–H groups in total. The van der Waals surface area contributed by atoms with Crippen LogP contribution >= 0.6 is 11.6 Å². The molecule has 2 aliphatic rings. The van der Waals surface area contributed by atoms with E-state index in [1.54, 1.807) is 6.08 Å². The maximum absolute atomic E-state index is 15.3. The van der Waals surface area contributed by atoms with Crippen LogP contribution in [0.1, 0.15) is 103 Å². The lowest BCUT2D eigenvalue weighted by Crippen LogP contribution is -2.13. The third-order valence-corrected chi connectivity index (χ3v) is 8.73. The van der Waals surface area contributed by atoms with Gasteiger partial charge in [0.15, 0.2) is 0 Å². The fourth-order valence-corrected chi connectivity index (χ4v) is 6.11. The molecule has 2 saturated carbocycles. The molecule has 1 aromatic rings. The van der Waals surface area contributed by atoms with Crippen molar-refractivity contribution in [2.45, 2.75) is 97.8 Å². The molecule has 2 fully saturated rings. The van der Waals surface area contributed by atoms with Gasteiger partial charge in [-0.3, -0.25) is 0 Å². The summed E-state index contributed by atoms with van der Waals surface area (Å²) < 4.78 is 15.3. The number of halogens is 2. The molecular formula is C31H44ClF. The van der Waals surface area contributed by atoms with Gasteiger partial charge in [-0.25, -0.2) is 4.39 Å². The van der Waals surface area contributed by atoms with Crippen LogP contribution < -0.4 is 0 Å². The third-order valence-electron chi connectivity index (χ3n) is 8.32. The maximum atomic E-state index is 15.3. The Morgan fingerprint density at radius 2 is 1.70 bits per heavy atom. The molecule has 2 unspecified atom stereocenters. The molecule has 0 radical (unpaired) electrons. The molecule has 0 aliphatic heterocycles. The fraction of sp³-hybridized carbons (Fsp3) is 0.613. The van der Waals surface area contributed by atoms with Gasteiger partial charge in [-0.2, -0.15) is 0 Å². The van der Waals surface area contributed by atoms with Gasteiger partial charge in [-0.1, -0.05) is 120 Å². The fourth-order valence-electron chi connectivity index (χ4n) is 5.85. The van der Waals surface area contributed by atoms with Gasteiger partial charge in [0.05, 0.1) is 5.02 Å². The van der Waals surface area contributed by atoms with Crippen molar-refractivity contribution in [1.29, 1.82) is 0 Å². The number of hydrogen-bond donors (Lipinski definition) is 0. The molecule has 0 bridgehead atoms. The number of rotatable bonds is 8. The van der Waals surface area contributed by atoms with E-state index in [1.165, 1.54) is 63.4 Å². The molecule has 182 valence electrons. The van der Waals surface area contributed by atoms with Crippen LogP contribution in [-0.2, 0) is 6.42 Å². The average Bonchev–Trinajstić information content (AvgIpc) is 3.04. The van der Waals surface area contributed by atoms with Crippen LogP contribution in [0.4, 0.5) is 4.39 Å². The second-order valence-corrected chi connectivity index (χ2v) is 11.2. The monoisotopic (exact) mass is 470 g/mol. The summed E-state index contributed by atoms with van der Waals surface area (Å²) in [7, 11) is 0. The summed E-state index contributed by atoms with van der Waals surface area (Å²) in [5, 5.41) is 0.293. The van der Waals surface area contributed by atoms with E-state index < -0.39 is 0 Å². The normalized spacial score (nSPS) is 27.3. The predicted molar refractivity (Wildman–Crippen MR) is 143 cm³/mol. The number of hydrogen-bond acceptors (Lipinski definition) is 0. The zero-order valence-electron chi connectivity index (χ0n) is 21.1. The van der Waals surface area contributed by atoms with Crippen molar-refractivity contribution in [3.63, 3.8) is 0 Å². The highest BCUT2D eigenvalue weighted by atomic mass is 35.5. The molecule has 2 atom stereocenters. The van der Waals surface area contributed by atoms with Crippen molar-refractivity contribution in [2.75, 3.05) is 0 Å². The molecule has 3 rings (SSSR count). The second-order valence-electron chi connectivity index (χ2n) is 10.8. The van der Waals surface area contributed by atoms with E-state index in [0.717, 1.165) is 48.2 Å². The van der Waals surface area contributed by atoms with E-state index in [2.05, 4.69) is 39.5 Å². The first-order chi connectivity index (χ1) is 15.9. The summed E-state index contributed by atoms with van der Waals surface area (Å²) in [6, 6.07) is 3.93. The molecule has 2 heteroatoms. The Morgan fingerprint density at radius 3 is 2.39 bits per heavy atom. The molecule has 1 aromatic carbocycles. The van der Waals surface area contributed by atoms with Gasteiger partial charge in [0.25, 0.3) is 0 Å². The highest BCUT2D eigenvalue weighted by Crippen LogP contribution is 2.35. The quantitative estimate of drug-likeness (QED) is 0.261. The lowest BCUT2D eigenvalue weighted by atomic mass is 9.80. The molecule has 33 heavy (non-hydrogen) atoms. The minimum absolute atomic E-state index is 0.293. The van der Waals surface area contributed by atoms with E-state index in [4.69, 9.17) is 11.6 Å². The standard InChI is InChI=1S/C31H44ClF/c1-5-25(27-9-7-8-22(3)12-16-27)18-19-26(6-2)29-21-20-28(30(32)31(29)33)17-15-24-13-10-23(4)11-14-24/h6,18-24,27H,2,5,7-17H2,1,3-4H3/b25-18+,26-19+. The topological polar surface area (TPSA) is 0 Å². The summed E-state index contributed by atoms with van der Waals surface area (Å²) in [6.45, 7) is 10.9. The highest BCUT2D eigenvalue weighted by Gasteiger charge is 2.20. The summed E-state index contributed by atoms with van der Waals surface area (Å²) in [5.41, 5.74) is 3.80. The first-order valence-electron chi connectivity index (χ1n) is 13.4. The van der Waals surface area contributed by atoms with Gasteiger partial charge >= 0.3 is 0 Å². The smallest absolute Gasteiger partial charge is 0.149 e. The van der Waals surface area contributed by atoms with Gasteiger partial charge in [0.1, 0.15) is 5.82 Å². The molecule has 0 heterocycles. The molecule has 0 amide bonds. The Bertz CT molecular complexity index is 841. The summed E-state index contributed by atoms with van der Waals surface area (Å²) in [5.74, 6) is 2.81. The summed E-state index contributed by atoms with van der Waals surface area (Å²) >= 11 is 6.53. The molecule has 0 spiro atoms. The molecule has 0 saturated heterocycles. The van der Waals surface area contributed by atoms with E-state index in [-0.39, 0.29) is 5.82 Å². The van der Waals surface area contributed by atoms with E-state index in [0.29, 0.717) is 16.5 Å². The van der Waals surface area contributed by atoms with Gasteiger partial charge in [0, 0.05) is 5.56 Å². The van der Waals surface area contributed by atoms with Crippen molar-refractivity contribution < 1.29 is 4.39 Å². The maximum Gasteiger partial charge on any atom is 0.149 e. The van der Waals surface area contributed by atoms with Crippen molar-refractivity contribution in [3.05, 3.63) is 64.5 Å². The Kier molecular flexibility index (Phi) is 10.3. The van der Waals surface area contributed by atoms with E-state index >= 15 is 4.39 Å². The second kappa shape index (κ2) is 12.9. The zero-order chi connectivity index (χ0) is 23.8. The van der Waals surface area contributed by atoms with E-state index in [9.17, 15) is 0 Å². The van der Waals surface area contributed by atoms with Crippen LogP contribution in [0, 0.1) is 29.5 Å². The van der Waals surface area contributed by atoms with Crippen LogP contribution in [0.5, 0.6) is 0 Å². The van der Waals surface area contributed by atoms with Crippen molar-refractivity contribution >= 4 is 17.2 Å². The van der Waals surface area contributed by atoms with Crippen LogP contribution in [0.25, 0.3) is 5.57 Å². The molecular weight excluding hydrogens is 427 g/mol. The Morgan fingerprint density at radius 1 is 1.00 bits per heavy atom. The molecule has 0 nitrogen and oxygen atoms in total. The Balaban J connectivity index is 1.73. The van der Waals surface area contributed by atoms with Crippen molar-refractivity contribution in [3.8, 4) is 0 Å². The largest absolute Gasteiger partial charge is 0.205 e. The lowest BCUT2D eigenvalue weighted by molar-refractivity contribution is 0.277. The first kappa shape index (κ1) is 26.3. The van der Waals surface area contributed by atoms with Crippen LogP contribution in [0.2, 0.25) is 5.02 Å². The first-order valence-corrected chi connectivity index (χ1v) is 13.8. The third kappa shape index (κ3) is 7.32. The lowest BCUT2D eigenvalue weighted by Gasteiger charge is -2.26. The van der Waals surface area contributed by atoms with Crippen molar-refractivity contribution in [1.82, 2.24) is 0 Å².